The van der Waals surface area contributed by atoms with Gasteiger partial charge in [0, 0.05) is 24.7 Å². The molecule has 1 saturated heterocycles. The van der Waals surface area contributed by atoms with Gasteiger partial charge in [-0.15, -0.1) is 0 Å². The van der Waals surface area contributed by atoms with Crippen LogP contribution in [0.25, 0.3) is 0 Å². The molecule has 9 heteroatoms. The number of hydrogen-bond donors (Lipinski definition) is 2. The quantitative estimate of drug-likeness (QED) is 0.763. The Morgan fingerprint density at radius 3 is 2.36 bits per heavy atom. The van der Waals surface area contributed by atoms with Crippen LogP contribution in [0.5, 0.6) is 0 Å². The Morgan fingerprint density at radius 1 is 1.16 bits per heavy atom. The molecule has 0 spiro atoms. The first-order valence-electron chi connectivity index (χ1n) is 8.26. The van der Waals surface area contributed by atoms with Crippen LogP contribution in [0.15, 0.2) is 29.2 Å². The lowest BCUT2D eigenvalue weighted by Gasteiger charge is -2.26. The van der Waals surface area contributed by atoms with Gasteiger partial charge < -0.3 is 15.4 Å². The molecule has 1 aliphatic carbocycles. The standard InChI is InChI=1S/C16H21N3O4S2/c20-15(12-2-1-3-12)18-16(24)17-13-4-6-14(7-5-13)25(21,22)19-8-10-23-11-9-19/h4-7,12H,1-3,8-11H2,(H2,17,18,20,24). The van der Waals surface area contributed by atoms with Crippen LogP contribution in [-0.2, 0) is 19.6 Å². The summed E-state index contributed by atoms with van der Waals surface area (Å²) in [6.07, 6.45) is 2.89. The molecule has 0 radical (unpaired) electrons. The third kappa shape index (κ3) is 4.35. The summed E-state index contributed by atoms with van der Waals surface area (Å²) in [5, 5.41) is 5.80. The number of carbonyl (C=O) groups is 1. The first kappa shape index (κ1) is 18.2. The number of morpholine rings is 1. The summed E-state index contributed by atoms with van der Waals surface area (Å²) in [6.45, 7) is 1.54. The monoisotopic (exact) mass is 383 g/mol. The van der Waals surface area contributed by atoms with Crippen molar-refractivity contribution in [2.75, 3.05) is 31.6 Å². The van der Waals surface area contributed by atoms with E-state index in [-0.39, 0.29) is 21.8 Å². The highest BCUT2D eigenvalue weighted by Gasteiger charge is 2.27. The van der Waals surface area contributed by atoms with Crippen molar-refractivity contribution < 1.29 is 17.9 Å². The molecular weight excluding hydrogens is 362 g/mol. The van der Waals surface area contributed by atoms with Crippen LogP contribution in [0, 0.1) is 5.92 Å². The van der Waals surface area contributed by atoms with Crippen molar-refractivity contribution in [3.05, 3.63) is 24.3 Å². The number of benzene rings is 1. The molecule has 0 atom stereocenters. The second kappa shape index (κ2) is 7.77. The fourth-order valence-corrected chi connectivity index (χ4v) is 4.32. The van der Waals surface area contributed by atoms with Gasteiger partial charge in [0.25, 0.3) is 0 Å². The van der Waals surface area contributed by atoms with Gasteiger partial charge in [0.05, 0.1) is 18.1 Å². The molecule has 2 N–H and O–H groups in total. The summed E-state index contributed by atoms with van der Waals surface area (Å²) in [6, 6.07) is 6.33. The third-order valence-electron chi connectivity index (χ3n) is 4.43. The second-order valence-corrected chi connectivity index (χ2v) is 8.46. The van der Waals surface area contributed by atoms with E-state index in [1.54, 1.807) is 12.1 Å². The Kier molecular flexibility index (Phi) is 5.67. The summed E-state index contributed by atoms with van der Waals surface area (Å²) in [4.78, 5) is 12.1. The molecule has 1 heterocycles. The SMILES string of the molecule is O=C(NC(=S)Nc1ccc(S(=O)(=O)N2CCOCC2)cc1)C1CCC1. The van der Waals surface area contributed by atoms with Gasteiger partial charge in [0.2, 0.25) is 15.9 Å². The third-order valence-corrected chi connectivity index (χ3v) is 6.55. The number of thiocarbonyl (C=S) groups is 1. The zero-order valence-electron chi connectivity index (χ0n) is 13.7. The van der Waals surface area contributed by atoms with Crippen LogP contribution in [0.2, 0.25) is 0 Å². The molecule has 1 saturated carbocycles. The average molecular weight is 383 g/mol. The molecule has 1 aromatic carbocycles. The van der Waals surface area contributed by atoms with Gasteiger partial charge in [-0.1, -0.05) is 6.42 Å². The summed E-state index contributed by atoms with van der Waals surface area (Å²) in [5.74, 6) is -0.00365. The highest BCUT2D eigenvalue weighted by molar-refractivity contribution is 7.89. The van der Waals surface area contributed by atoms with Crippen LogP contribution < -0.4 is 10.6 Å². The summed E-state index contributed by atoms with van der Waals surface area (Å²) in [7, 11) is -3.51. The van der Waals surface area contributed by atoms with E-state index < -0.39 is 10.0 Å². The number of hydrogen-bond acceptors (Lipinski definition) is 5. The molecule has 2 fully saturated rings. The van der Waals surface area contributed by atoms with Gasteiger partial charge >= 0.3 is 0 Å². The average Bonchev–Trinajstić information content (AvgIpc) is 2.54. The predicted molar refractivity (Wildman–Crippen MR) is 97.7 cm³/mol. The minimum absolute atomic E-state index is 0.0563. The van der Waals surface area contributed by atoms with Gasteiger partial charge in [0.15, 0.2) is 5.11 Å². The van der Waals surface area contributed by atoms with E-state index in [4.69, 9.17) is 17.0 Å². The molecular formula is C16H21N3O4S2. The van der Waals surface area contributed by atoms with Gasteiger partial charge in [-0.3, -0.25) is 4.79 Å². The normalized spacial score (nSPS) is 19.0. The number of rotatable bonds is 4. The maximum absolute atomic E-state index is 12.5. The molecule has 25 heavy (non-hydrogen) atoms. The fraction of sp³-hybridized carbons (Fsp3) is 0.500. The van der Waals surface area contributed by atoms with E-state index in [0.29, 0.717) is 32.0 Å². The van der Waals surface area contributed by atoms with Gasteiger partial charge in [-0.05, 0) is 49.3 Å². The van der Waals surface area contributed by atoms with E-state index in [1.807, 2.05) is 0 Å². The Labute approximate surface area is 152 Å². The molecule has 0 unspecified atom stereocenters. The largest absolute Gasteiger partial charge is 0.379 e. The van der Waals surface area contributed by atoms with Crippen molar-refractivity contribution in [3.8, 4) is 0 Å². The lowest BCUT2D eigenvalue weighted by Crippen LogP contribution is -2.40. The Hall–Kier alpha value is -1.55. The van der Waals surface area contributed by atoms with E-state index in [1.165, 1.54) is 16.4 Å². The smallest absolute Gasteiger partial charge is 0.243 e. The zero-order valence-corrected chi connectivity index (χ0v) is 15.4. The molecule has 2 aliphatic rings. The Balaban J connectivity index is 1.59. The van der Waals surface area contributed by atoms with Crippen molar-refractivity contribution in [1.82, 2.24) is 9.62 Å². The highest BCUT2D eigenvalue weighted by atomic mass is 32.2. The van der Waals surface area contributed by atoms with E-state index in [0.717, 1.165) is 19.3 Å². The van der Waals surface area contributed by atoms with Crippen molar-refractivity contribution in [2.24, 2.45) is 5.92 Å². The highest BCUT2D eigenvalue weighted by Crippen LogP contribution is 2.26. The molecule has 3 rings (SSSR count). The molecule has 136 valence electrons. The van der Waals surface area contributed by atoms with Crippen molar-refractivity contribution >= 4 is 38.9 Å². The Morgan fingerprint density at radius 2 is 1.80 bits per heavy atom. The number of nitrogens with one attached hydrogen (secondary N) is 2. The molecule has 0 bridgehead atoms. The summed E-state index contributed by atoms with van der Waals surface area (Å²) < 4.78 is 31.7. The molecule has 7 nitrogen and oxygen atoms in total. The van der Waals surface area contributed by atoms with Crippen molar-refractivity contribution in [1.29, 1.82) is 0 Å². The van der Waals surface area contributed by atoms with Crippen LogP contribution >= 0.6 is 12.2 Å². The van der Waals surface area contributed by atoms with Crippen LogP contribution in [-0.4, -0.2) is 50.0 Å². The Bertz CT molecular complexity index is 739. The van der Waals surface area contributed by atoms with Crippen molar-refractivity contribution in [2.45, 2.75) is 24.2 Å². The second-order valence-electron chi connectivity index (χ2n) is 6.11. The lowest BCUT2D eigenvalue weighted by molar-refractivity contribution is -0.125. The fourth-order valence-electron chi connectivity index (χ4n) is 2.69. The maximum Gasteiger partial charge on any atom is 0.243 e. The number of anilines is 1. The minimum atomic E-state index is -3.51. The molecule has 1 aromatic rings. The first-order valence-corrected chi connectivity index (χ1v) is 10.1. The zero-order chi connectivity index (χ0) is 17.9. The first-order chi connectivity index (χ1) is 12.0. The topological polar surface area (TPSA) is 87.7 Å². The van der Waals surface area contributed by atoms with Gasteiger partial charge in [-0.25, -0.2) is 8.42 Å². The molecule has 1 amide bonds. The maximum atomic E-state index is 12.5. The van der Waals surface area contributed by atoms with Crippen LogP contribution in [0.3, 0.4) is 0 Å². The number of sulfonamides is 1. The predicted octanol–water partition coefficient (Wildman–Crippen LogP) is 1.32. The minimum Gasteiger partial charge on any atom is -0.379 e. The number of carbonyl (C=O) groups excluding carboxylic acids is 1. The van der Waals surface area contributed by atoms with Crippen LogP contribution in [0.1, 0.15) is 19.3 Å². The van der Waals surface area contributed by atoms with Gasteiger partial charge in [-0.2, -0.15) is 4.31 Å². The van der Waals surface area contributed by atoms with Crippen LogP contribution in [0.4, 0.5) is 5.69 Å². The van der Waals surface area contributed by atoms with E-state index in [2.05, 4.69) is 10.6 Å². The number of nitrogens with zero attached hydrogens (tertiary/aromatic N) is 1. The lowest BCUT2D eigenvalue weighted by atomic mass is 9.85. The van der Waals surface area contributed by atoms with Crippen molar-refractivity contribution in [3.63, 3.8) is 0 Å². The molecule has 1 aliphatic heterocycles. The summed E-state index contributed by atoms with van der Waals surface area (Å²) >= 11 is 5.13. The summed E-state index contributed by atoms with van der Waals surface area (Å²) in [5.41, 5.74) is 0.625. The number of ether oxygens (including phenoxy) is 1. The number of amides is 1. The molecule has 0 aromatic heterocycles. The van der Waals surface area contributed by atoms with E-state index >= 15 is 0 Å². The van der Waals surface area contributed by atoms with Gasteiger partial charge in [0.1, 0.15) is 0 Å². The van der Waals surface area contributed by atoms with E-state index in [9.17, 15) is 13.2 Å².